The number of allylic oxidation sites excluding steroid dienone is 1. The van der Waals surface area contributed by atoms with Crippen LogP contribution in [0.5, 0.6) is 0 Å². The van der Waals surface area contributed by atoms with Crippen LogP contribution in [0, 0.1) is 17.3 Å². The lowest BCUT2D eigenvalue weighted by molar-refractivity contribution is -0.304. The number of benzene rings is 1. The number of nitrogens with one attached hydrogen (secondary N) is 2. The standard InChI is InChI=1S/C33H50N2O6/c1-6-7-8-10-17-24(23-15-11-9-12-16-23)20-28(36)35-27-19-14-13-18-25(27)26(31(38)39)21-34-30(37)29-32(2,3)22-40-33(4,5)41-29/h9,11-12,15-16,20,25-27,29H,6-8,10,13-14,17-19,21-22H2,1-5H3,(H,34,37)(H,35,36)(H,38,39)/b24-20+/t25-,26?,27-,29?/m0/s1. The van der Waals surface area contributed by atoms with Gasteiger partial charge in [-0.3, -0.25) is 14.4 Å². The van der Waals surface area contributed by atoms with Gasteiger partial charge in [0.05, 0.1) is 12.5 Å². The minimum Gasteiger partial charge on any atom is -0.481 e. The number of aliphatic carboxylic acids is 1. The average molecular weight is 571 g/mol. The van der Waals surface area contributed by atoms with Gasteiger partial charge in [-0.05, 0) is 56.6 Å². The molecule has 2 fully saturated rings. The number of carboxylic acids is 1. The zero-order valence-electron chi connectivity index (χ0n) is 25.5. The van der Waals surface area contributed by atoms with Crippen LogP contribution in [0.3, 0.4) is 0 Å². The monoisotopic (exact) mass is 570 g/mol. The van der Waals surface area contributed by atoms with E-state index >= 15 is 0 Å². The fourth-order valence-electron chi connectivity index (χ4n) is 5.94. The minimum atomic E-state index is -0.972. The maximum atomic E-state index is 13.3. The number of unbranched alkanes of at least 4 members (excludes halogenated alkanes) is 3. The zero-order valence-corrected chi connectivity index (χ0v) is 25.5. The Labute approximate surface area is 245 Å². The molecule has 0 spiro atoms. The number of carbonyl (C=O) groups excluding carboxylic acids is 2. The fourth-order valence-corrected chi connectivity index (χ4v) is 5.94. The second kappa shape index (κ2) is 15.0. The van der Waals surface area contributed by atoms with E-state index in [0.717, 1.165) is 49.7 Å². The molecule has 0 radical (unpaired) electrons. The molecule has 4 atom stereocenters. The van der Waals surface area contributed by atoms with E-state index in [1.165, 1.54) is 6.42 Å². The van der Waals surface area contributed by atoms with Crippen molar-refractivity contribution in [2.24, 2.45) is 17.3 Å². The van der Waals surface area contributed by atoms with E-state index in [-0.39, 0.29) is 30.3 Å². The lowest BCUT2D eigenvalue weighted by atomic mass is 9.76. The summed E-state index contributed by atoms with van der Waals surface area (Å²) in [6, 6.07) is 9.68. The summed E-state index contributed by atoms with van der Waals surface area (Å²) < 4.78 is 11.7. The number of carboxylic acid groups (broad SMARTS) is 1. The molecule has 1 saturated heterocycles. The second-order valence-corrected chi connectivity index (χ2v) is 12.8. The second-order valence-electron chi connectivity index (χ2n) is 12.8. The quantitative estimate of drug-likeness (QED) is 0.207. The number of rotatable bonds is 13. The molecule has 3 rings (SSSR count). The van der Waals surface area contributed by atoms with Crippen LogP contribution in [0.4, 0.5) is 0 Å². The molecule has 1 aromatic rings. The highest BCUT2D eigenvalue weighted by atomic mass is 16.7. The van der Waals surface area contributed by atoms with E-state index in [0.29, 0.717) is 19.4 Å². The van der Waals surface area contributed by atoms with Crippen molar-refractivity contribution in [3.05, 3.63) is 42.0 Å². The highest BCUT2D eigenvalue weighted by Crippen LogP contribution is 2.35. The number of ether oxygens (including phenoxy) is 2. The molecule has 41 heavy (non-hydrogen) atoms. The smallest absolute Gasteiger partial charge is 0.308 e. The van der Waals surface area contributed by atoms with Crippen LogP contribution in [0.2, 0.25) is 0 Å². The third kappa shape index (κ3) is 9.67. The molecule has 8 heteroatoms. The van der Waals surface area contributed by atoms with E-state index in [1.807, 2.05) is 44.2 Å². The topological polar surface area (TPSA) is 114 Å². The first-order chi connectivity index (χ1) is 19.4. The predicted molar refractivity (Wildman–Crippen MR) is 160 cm³/mol. The molecule has 3 N–H and O–H groups in total. The van der Waals surface area contributed by atoms with Gasteiger partial charge in [-0.25, -0.2) is 0 Å². The third-order valence-corrected chi connectivity index (χ3v) is 8.37. The summed E-state index contributed by atoms with van der Waals surface area (Å²) in [6.07, 6.45) is 9.39. The molecule has 1 aliphatic heterocycles. The molecule has 8 nitrogen and oxygen atoms in total. The van der Waals surface area contributed by atoms with Crippen molar-refractivity contribution in [3.63, 3.8) is 0 Å². The number of carbonyl (C=O) groups is 3. The van der Waals surface area contributed by atoms with Crippen LogP contribution in [-0.4, -0.2) is 54.0 Å². The Morgan fingerprint density at radius 3 is 2.44 bits per heavy atom. The van der Waals surface area contributed by atoms with Gasteiger partial charge in [0.15, 0.2) is 5.79 Å². The molecule has 1 saturated carbocycles. The van der Waals surface area contributed by atoms with Gasteiger partial charge >= 0.3 is 5.97 Å². The zero-order chi connectivity index (χ0) is 30.0. The van der Waals surface area contributed by atoms with Crippen LogP contribution in [0.15, 0.2) is 36.4 Å². The molecule has 2 amide bonds. The van der Waals surface area contributed by atoms with E-state index < -0.39 is 29.2 Å². The molecule has 228 valence electrons. The lowest BCUT2D eigenvalue weighted by Gasteiger charge is -2.45. The molecular formula is C33H50N2O6. The predicted octanol–water partition coefficient (Wildman–Crippen LogP) is 5.71. The van der Waals surface area contributed by atoms with Crippen LogP contribution in [-0.2, 0) is 23.9 Å². The Hall–Kier alpha value is -2.71. The van der Waals surface area contributed by atoms with E-state index in [9.17, 15) is 19.5 Å². The third-order valence-electron chi connectivity index (χ3n) is 8.37. The van der Waals surface area contributed by atoms with Gasteiger partial charge in [0.2, 0.25) is 11.8 Å². The first-order valence-corrected chi connectivity index (χ1v) is 15.3. The highest BCUT2D eigenvalue weighted by molar-refractivity contribution is 5.95. The van der Waals surface area contributed by atoms with Gasteiger partial charge < -0.3 is 25.2 Å². The summed E-state index contributed by atoms with van der Waals surface area (Å²) >= 11 is 0. The Bertz CT molecular complexity index is 1050. The van der Waals surface area contributed by atoms with Crippen molar-refractivity contribution in [1.82, 2.24) is 10.6 Å². The molecule has 1 heterocycles. The van der Waals surface area contributed by atoms with Gasteiger partial charge in [0, 0.05) is 24.1 Å². The Morgan fingerprint density at radius 1 is 1.05 bits per heavy atom. The SMILES string of the molecule is CCCCCC/C(=C\C(=O)N[C@H]1CCCC[C@H]1C(CNC(=O)C1OC(C)(C)OCC1(C)C)C(=O)O)c1ccccc1. The van der Waals surface area contributed by atoms with E-state index in [2.05, 4.69) is 17.6 Å². The first kappa shape index (κ1) is 32.8. The maximum Gasteiger partial charge on any atom is 0.308 e. The molecule has 0 aromatic heterocycles. The van der Waals surface area contributed by atoms with Crippen molar-refractivity contribution in [3.8, 4) is 0 Å². The summed E-state index contributed by atoms with van der Waals surface area (Å²) in [6.45, 7) is 9.84. The van der Waals surface area contributed by atoms with Crippen molar-refractivity contribution in [1.29, 1.82) is 0 Å². The van der Waals surface area contributed by atoms with Gasteiger partial charge in [0.1, 0.15) is 6.10 Å². The van der Waals surface area contributed by atoms with Crippen molar-refractivity contribution in [2.75, 3.05) is 13.2 Å². The summed E-state index contributed by atoms with van der Waals surface area (Å²) in [5.74, 6) is -3.52. The highest BCUT2D eigenvalue weighted by Gasteiger charge is 2.46. The van der Waals surface area contributed by atoms with E-state index in [1.54, 1.807) is 19.9 Å². The fraction of sp³-hybridized carbons (Fsp3) is 0.667. The number of hydrogen-bond donors (Lipinski definition) is 3. The van der Waals surface area contributed by atoms with Gasteiger partial charge in [0.25, 0.3) is 0 Å². The van der Waals surface area contributed by atoms with Gasteiger partial charge in [-0.2, -0.15) is 0 Å². The van der Waals surface area contributed by atoms with Gasteiger partial charge in [-0.15, -0.1) is 0 Å². The Morgan fingerprint density at radius 2 is 1.76 bits per heavy atom. The maximum absolute atomic E-state index is 13.3. The first-order valence-electron chi connectivity index (χ1n) is 15.3. The Balaban J connectivity index is 1.70. The number of hydrogen-bond acceptors (Lipinski definition) is 5. The van der Waals surface area contributed by atoms with Crippen molar-refractivity contribution >= 4 is 23.4 Å². The molecule has 2 aliphatic rings. The molecule has 1 aliphatic carbocycles. The largest absolute Gasteiger partial charge is 0.481 e. The summed E-state index contributed by atoms with van der Waals surface area (Å²) in [7, 11) is 0. The van der Waals surface area contributed by atoms with Crippen LogP contribution < -0.4 is 10.6 Å². The summed E-state index contributed by atoms with van der Waals surface area (Å²) in [5.41, 5.74) is 1.47. The molecular weight excluding hydrogens is 520 g/mol. The molecule has 2 unspecified atom stereocenters. The van der Waals surface area contributed by atoms with Crippen molar-refractivity contribution in [2.45, 2.75) is 110 Å². The van der Waals surface area contributed by atoms with Crippen molar-refractivity contribution < 1.29 is 29.0 Å². The minimum absolute atomic E-state index is 0.0229. The lowest BCUT2D eigenvalue weighted by Crippen LogP contribution is -2.57. The van der Waals surface area contributed by atoms with Crippen LogP contribution in [0.25, 0.3) is 5.57 Å². The average Bonchev–Trinajstić information content (AvgIpc) is 2.93. The van der Waals surface area contributed by atoms with E-state index in [4.69, 9.17) is 9.47 Å². The normalized spacial score (nSPS) is 24.7. The molecule has 1 aromatic carbocycles. The molecule has 0 bridgehead atoms. The van der Waals surface area contributed by atoms with Crippen LogP contribution >= 0.6 is 0 Å². The summed E-state index contributed by atoms with van der Waals surface area (Å²) in [5, 5.41) is 16.2. The van der Waals surface area contributed by atoms with Crippen LogP contribution in [0.1, 0.15) is 98.0 Å². The van der Waals surface area contributed by atoms with Gasteiger partial charge in [-0.1, -0.05) is 83.2 Å². The summed E-state index contributed by atoms with van der Waals surface area (Å²) in [4.78, 5) is 38.9. The number of amides is 2. The Kier molecular flexibility index (Phi) is 12.0.